The normalized spacial score (nSPS) is 20.4. The lowest BCUT2D eigenvalue weighted by Crippen LogP contribution is -2.14. The quantitative estimate of drug-likeness (QED) is 0.417. The highest BCUT2D eigenvalue weighted by Crippen LogP contribution is 2.25. The number of allylic oxidation sites excluding steroid dienone is 4. The average molecular weight is 387 g/mol. The van der Waals surface area contributed by atoms with E-state index in [-0.39, 0.29) is 18.4 Å². The highest BCUT2D eigenvalue weighted by molar-refractivity contribution is 6.31. The number of halogens is 1. The van der Waals surface area contributed by atoms with Gasteiger partial charge in [-0.15, -0.1) is 4.91 Å². The van der Waals surface area contributed by atoms with E-state index in [1.807, 2.05) is 25.2 Å². The van der Waals surface area contributed by atoms with Crippen LogP contribution in [0.2, 0.25) is 5.02 Å². The van der Waals surface area contributed by atoms with E-state index in [9.17, 15) is 4.91 Å². The molecule has 0 fully saturated rings. The summed E-state index contributed by atoms with van der Waals surface area (Å²) in [6, 6.07) is 5.77. The van der Waals surface area contributed by atoms with E-state index in [1.165, 1.54) is 5.57 Å². The molecule has 0 aliphatic heterocycles. The lowest BCUT2D eigenvalue weighted by molar-refractivity contribution is 0.624. The van der Waals surface area contributed by atoms with Gasteiger partial charge in [0.15, 0.2) is 0 Å². The van der Waals surface area contributed by atoms with Gasteiger partial charge >= 0.3 is 0 Å². The standard InChI is InChI=1S/C21H27ClN4O/c1-14(2)17-7-5-15(3)18(10-17)12-24-21(26-27)25-13-19-9-16(11-23-4)6-8-20(19)22/h5-10,12,14-15,18,23H,11,13H2,1-4H3. The molecule has 6 heteroatoms. The Morgan fingerprint density at radius 1 is 1.37 bits per heavy atom. The van der Waals surface area contributed by atoms with E-state index < -0.39 is 0 Å². The molecule has 1 aromatic rings. The van der Waals surface area contributed by atoms with E-state index in [2.05, 4.69) is 59.5 Å². The number of nitroso groups, excluding NO2 is 1. The minimum Gasteiger partial charge on any atom is -0.316 e. The van der Waals surface area contributed by atoms with Crippen molar-refractivity contribution in [2.24, 2.45) is 32.9 Å². The SMILES string of the molecule is CNCc1ccc(Cl)c(CN=C(N=O)N=CC2C=C(C(C)C)C=CC2C)c1. The fourth-order valence-electron chi connectivity index (χ4n) is 2.85. The van der Waals surface area contributed by atoms with Gasteiger partial charge in [0.25, 0.3) is 5.96 Å². The molecule has 0 radical (unpaired) electrons. The third-order valence-electron chi connectivity index (χ3n) is 4.58. The molecule has 27 heavy (non-hydrogen) atoms. The summed E-state index contributed by atoms with van der Waals surface area (Å²) in [7, 11) is 1.89. The summed E-state index contributed by atoms with van der Waals surface area (Å²) >= 11 is 6.23. The van der Waals surface area contributed by atoms with Gasteiger partial charge in [0.2, 0.25) is 0 Å². The predicted molar refractivity (Wildman–Crippen MR) is 114 cm³/mol. The second-order valence-electron chi connectivity index (χ2n) is 7.06. The number of hydrogen-bond donors (Lipinski definition) is 1. The molecule has 0 saturated carbocycles. The molecule has 2 atom stereocenters. The van der Waals surface area contributed by atoms with Crippen LogP contribution in [-0.4, -0.2) is 19.2 Å². The Hall–Kier alpha value is -2.11. The predicted octanol–water partition coefficient (Wildman–Crippen LogP) is 5.16. The summed E-state index contributed by atoms with van der Waals surface area (Å²) in [5.41, 5.74) is 3.22. The number of hydrogen-bond acceptors (Lipinski definition) is 3. The van der Waals surface area contributed by atoms with Crippen LogP contribution in [0.15, 0.2) is 57.2 Å². The topological polar surface area (TPSA) is 66.2 Å². The second-order valence-corrected chi connectivity index (χ2v) is 7.47. The highest BCUT2D eigenvalue weighted by Gasteiger charge is 2.16. The molecule has 0 heterocycles. The third-order valence-corrected chi connectivity index (χ3v) is 4.95. The zero-order valence-electron chi connectivity index (χ0n) is 16.3. The molecule has 2 rings (SSSR count). The lowest BCUT2D eigenvalue weighted by Gasteiger charge is -2.21. The van der Waals surface area contributed by atoms with Crippen LogP contribution in [0.4, 0.5) is 0 Å². The van der Waals surface area contributed by atoms with Crippen molar-refractivity contribution in [1.29, 1.82) is 0 Å². The molecule has 1 aliphatic carbocycles. The Bertz CT molecular complexity index is 780. The van der Waals surface area contributed by atoms with Crippen LogP contribution < -0.4 is 5.32 Å². The molecule has 0 spiro atoms. The lowest BCUT2D eigenvalue weighted by atomic mass is 9.85. The molecule has 2 unspecified atom stereocenters. The van der Waals surface area contributed by atoms with Crippen molar-refractivity contribution in [2.75, 3.05) is 7.05 Å². The van der Waals surface area contributed by atoms with Crippen molar-refractivity contribution < 1.29 is 0 Å². The maximum absolute atomic E-state index is 11.1. The minimum absolute atomic E-state index is 0.0636. The molecule has 0 saturated heterocycles. The van der Waals surface area contributed by atoms with Crippen LogP contribution in [0, 0.1) is 22.7 Å². The van der Waals surface area contributed by atoms with Gasteiger partial charge in [-0.25, -0.2) is 9.98 Å². The summed E-state index contributed by atoms with van der Waals surface area (Å²) in [6.07, 6.45) is 8.28. The van der Waals surface area contributed by atoms with Crippen LogP contribution >= 0.6 is 11.6 Å². The smallest absolute Gasteiger partial charge is 0.286 e. The van der Waals surface area contributed by atoms with E-state index in [0.717, 1.165) is 17.7 Å². The number of aliphatic imine (C=N–C) groups is 2. The number of nitrogens with one attached hydrogen (secondary N) is 1. The minimum atomic E-state index is -0.0636. The summed E-state index contributed by atoms with van der Waals surface area (Å²) < 4.78 is 0. The van der Waals surface area contributed by atoms with Crippen LogP contribution in [-0.2, 0) is 13.1 Å². The Kier molecular flexibility index (Phi) is 8.07. The van der Waals surface area contributed by atoms with Crippen LogP contribution in [0.5, 0.6) is 0 Å². The average Bonchev–Trinajstić information content (AvgIpc) is 2.65. The fraction of sp³-hybridized carbons (Fsp3) is 0.429. The number of rotatable bonds is 6. The van der Waals surface area contributed by atoms with Crippen LogP contribution in [0.1, 0.15) is 31.9 Å². The number of benzene rings is 1. The van der Waals surface area contributed by atoms with Crippen molar-refractivity contribution in [3.63, 3.8) is 0 Å². The number of guanidine groups is 1. The molecule has 1 aromatic carbocycles. The van der Waals surface area contributed by atoms with E-state index in [0.29, 0.717) is 16.9 Å². The molecular formula is C21H27ClN4O. The Balaban J connectivity index is 2.13. The van der Waals surface area contributed by atoms with Gasteiger partial charge in [0.05, 0.1) is 6.54 Å². The zero-order chi connectivity index (χ0) is 19.8. The Morgan fingerprint density at radius 3 is 2.81 bits per heavy atom. The van der Waals surface area contributed by atoms with Crippen molar-refractivity contribution in [3.05, 3.63) is 63.1 Å². The Labute approximate surface area is 166 Å². The molecule has 0 amide bonds. The molecule has 0 bridgehead atoms. The Morgan fingerprint density at radius 2 is 2.15 bits per heavy atom. The fourth-order valence-corrected chi connectivity index (χ4v) is 3.03. The maximum atomic E-state index is 11.1. The van der Waals surface area contributed by atoms with E-state index >= 15 is 0 Å². The first-order valence-electron chi connectivity index (χ1n) is 9.18. The molecule has 144 valence electrons. The molecule has 1 N–H and O–H groups in total. The first-order chi connectivity index (χ1) is 12.9. The van der Waals surface area contributed by atoms with Gasteiger partial charge in [-0.3, -0.25) is 0 Å². The van der Waals surface area contributed by atoms with Gasteiger partial charge in [-0.05, 0) is 41.6 Å². The van der Waals surface area contributed by atoms with Crippen molar-refractivity contribution in [3.8, 4) is 0 Å². The van der Waals surface area contributed by atoms with Gasteiger partial charge < -0.3 is 5.32 Å². The van der Waals surface area contributed by atoms with Crippen molar-refractivity contribution >= 4 is 23.8 Å². The molecule has 5 nitrogen and oxygen atoms in total. The maximum Gasteiger partial charge on any atom is 0.286 e. The molecule has 0 aromatic heterocycles. The van der Waals surface area contributed by atoms with E-state index in [1.54, 1.807) is 6.21 Å². The molecule has 1 aliphatic rings. The third kappa shape index (κ3) is 6.22. The highest BCUT2D eigenvalue weighted by atomic mass is 35.5. The van der Waals surface area contributed by atoms with Crippen LogP contribution in [0.25, 0.3) is 0 Å². The monoisotopic (exact) mass is 386 g/mol. The first kappa shape index (κ1) is 21.2. The van der Waals surface area contributed by atoms with Crippen molar-refractivity contribution in [2.45, 2.75) is 33.9 Å². The van der Waals surface area contributed by atoms with Gasteiger partial charge in [0, 0.05) is 28.9 Å². The largest absolute Gasteiger partial charge is 0.316 e. The summed E-state index contributed by atoms with van der Waals surface area (Å²) in [5.74, 6) is 0.832. The van der Waals surface area contributed by atoms with Gasteiger partial charge in [-0.2, -0.15) is 0 Å². The van der Waals surface area contributed by atoms with Crippen LogP contribution in [0.3, 0.4) is 0 Å². The summed E-state index contributed by atoms with van der Waals surface area (Å²) in [4.78, 5) is 19.6. The van der Waals surface area contributed by atoms with Gasteiger partial charge in [-0.1, -0.05) is 62.7 Å². The molecular weight excluding hydrogens is 360 g/mol. The zero-order valence-corrected chi connectivity index (χ0v) is 17.1. The first-order valence-corrected chi connectivity index (χ1v) is 9.56. The summed E-state index contributed by atoms with van der Waals surface area (Å²) in [5, 5.41) is 6.67. The van der Waals surface area contributed by atoms with E-state index in [4.69, 9.17) is 11.6 Å². The van der Waals surface area contributed by atoms with Gasteiger partial charge in [0.1, 0.15) is 0 Å². The number of nitrogens with zero attached hydrogens (tertiary/aromatic N) is 3. The van der Waals surface area contributed by atoms with Crippen molar-refractivity contribution in [1.82, 2.24) is 5.32 Å². The second kappa shape index (κ2) is 10.3. The summed E-state index contributed by atoms with van der Waals surface area (Å²) in [6.45, 7) is 7.45.